The van der Waals surface area contributed by atoms with Gasteiger partial charge >= 0.3 is 6.18 Å². The Balaban J connectivity index is 0.00000234. The summed E-state index contributed by atoms with van der Waals surface area (Å²) >= 11 is 0. The number of imide groups is 2. The van der Waals surface area contributed by atoms with Gasteiger partial charge < -0.3 is 40.6 Å². The second kappa shape index (κ2) is 19.7. The third kappa shape index (κ3) is 11.0. The number of nitrogens with one attached hydrogen (secondary N) is 3. The van der Waals surface area contributed by atoms with Crippen molar-refractivity contribution in [2.45, 2.75) is 64.2 Å². The van der Waals surface area contributed by atoms with Gasteiger partial charge in [-0.2, -0.15) is 13.2 Å². The Labute approximate surface area is 375 Å². The van der Waals surface area contributed by atoms with Gasteiger partial charge in [0.05, 0.1) is 42.0 Å². The summed E-state index contributed by atoms with van der Waals surface area (Å²) in [4.78, 5) is 95.5. The van der Waals surface area contributed by atoms with Gasteiger partial charge in [-0.1, -0.05) is 0 Å². The van der Waals surface area contributed by atoms with Crippen LogP contribution in [-0.4, -0.2) is 113 Å². The Morgan fingerprint density at radius 1 is 1.05 bits per heavy atom. The van der Waals surface area contributed by atoms with E-state index >= 15 is 0 Å². The Morgan fingerprint density at radius 3 is 2.42 bits per heavy atom. The SMILES string of the molecule is COc1cc2nc(C)nc(N[C@H](C)c3cc(N)cc(C(F)(F)F)c3)c2cc1OCC1(CN(C)C(=O)CCNC(=O)COc2ccc3c(c2)C(=O)N(C2CCC(=O)NC2=O)C3=O)CC1.O=CO. The van der Waals surface area contributed by atoms with E-state index in [1.165, 1.54) is 31.4 Å². The lowest BCUT2D eigenvalue weighted by molar-refractivity contribution is -0.138. The summed E-state index contributed by atoms with van der Waals surface area (Å²) in [6.45, 7) is 3.36. The molecule has 0 bridgehead atoms. The number of alkyl halides is 3. The van der Waals surface area contributed by atoms with Crippen LogP contribution >= 0.6 is 0 Å². The highest BCUT2D eigenvalue weighted by Crippen LogP contribution is 2.47. The number of carbonyl (C=O) groups excluding carboxylic acids is 6. The lowest BCUT2D eigenvalue weighted by atomic mass is 10.0. The normalized spacial score (nSPS) is 16.6. The zero-order valence-electron chi connectivity index (χ0n) is 36.2. The number of piperidine rings is 1. The Hall–Kier alpha value is -7.52. The van der Waals surface area contributed by atoms with E-state index in [0.717, 1.165) is 29.9 Å². The van der Waals surface area contributed by atoms with Crippen molar-refractivity contribution in [3.8, 4) is 17.2 Å². The highest BCUT2D eigenvalue weighted by atomic mass is 19.4. The molecule has 1 aromatic heterocycles. The maximum Gasteiger partial charge on any atom is 0.416 e. The van der Waals surface area contributed by atoms with E-state index in [0.29, 0.717) is 46.2 Å². The molecular weight excluding hydrogens is 874 g/mol. The summed E-state index contributed by atoms with van der Waals surface area (Å²) in [6, 6.07) is 9.18. The van der Waals surface area contributed by atoms with Gasteiger partial charge in [0.25, 0.3) is 24.2 Å². The van der Waals surface area contributed by atoms with Crippen LogP contribution in [0.15, 0.2) is 48.5 Å². The van der Waals surface area contributed by atoms with Crippen LogP contribution in [-0.2, 0) is 30.1 Å². The number of nitrogen functional groups attached to an aromatic ring is 1. The van der Waals surface area contributed by atoms with Crippen molar-refractivity contribution in [1.29, 1.82) is 0 Å². The molecule has 6 N–H and O–H groups in total. The fourth-order valence-electron chi connectivity index (χ4n) is 7.60. The number of hydrogen-bond donors (Lipinski definition) is 5. The first-order valence-corrected chi connectivity index (χ1v) is 20.6. The topological polar surface area (TPSA) is 262 Å². The monoisotopic (exact) mass is 920 g/mol. The minimum absolute atomic E-state index is 0.00399. The quantitative estimate of drug-likeness (QED) is 0.0604. The molecule has 6 amide bonds. The lowest BCUT2D eigenvalue weighted by Crippen LogP contribution is -2.54. The third-order valence-corrected chi connectivity index (χ3v) is 11.2. The Kier molecular flexibility index (Phi) is 14.3. The molecule has 3 aromatic carbocycles. The van der Waals surface area contributed by atoms with E-state index in [9.17, 15) is 41.9 Å². The van der Waals surface area contributed by atoms with Crippen LogP contribution < -0.4 is 35.9 Å². The molecule has 66 heavy (non-hydrogen) atoms. The summed E-state index contributed by atoms with van der Waals surface area (Å²) in [5.41, 5.74) is 5.52. The first-order valence-electron chi connectivity index (χ1n) is 20.6. The number of rotatable bonds is 16. The predicted octanol–water partition coefficient (Wildman–Crippen LogP) is 4.03. The number of fused-ring (bicyclic) bond motifs is 2. The number of nitrogens with zero attached hydrogens (tertiary/aromatic N) is 4. The fourth-order valence-corrected chi connectivity index (χ4v) is 7.60. The van der Waals surface area contributed by atoms with E-state index in [1.54, 1.807) is 37.9 Å². The van der Waals surface area contributed by atoms with E-state index in [1.807, 2.05) is 0 Å². The molecule has 22 heteroatoms. The maximum atomic E-state index is 13.5. The molecule has 3 heterocycles. The number of aryl methyl sites for hydroxylation is 1. The van der Waals surface area contributed by atoms with Gasteiger partial charge in [-0.05, 0) is 81.1 Å². The molecule has 19 nitrogen and oxygen atoms in total. The summed E-state index contributed by atoms with van der Waals surface area (Å²) in [5, 5.41) is 15.4. The number of carbonyl (C=O) groups is 7. The Bertz CT molecular complexity index is 2590. The number of aromatic nitrogens is 2. The van der Waals surface area contributed by atoms with Gasteiger partial charge in [-0.25, -0.2) is 9.97 Å². The zero-order valence-corrected chi connectivity index (χ0v) is 36.2. The van der Waals surface area contributed by atoms with Gasteiger partial charge in [0.2, 0.25) is 17.7 Å². The summed E-state index contributed by atoms with van der Waals surface area (Å²) in [5.74, 6) is -1.59. The Morgan fingerprint density at radius 2 is 1.76 bits per heavy atom. The molecule has 7 rings (SSSR count). The predicted molar refractivity (Wildman–Crippen MR) is 228 cm³/mol. The van der Waals surface area contributed by atoms with E-state index in [-0.39, 0.29) is 72.8 Å². The van der Waals surface area contributed by atoms with E-state index in [4.69, 9.17) is 29.8 Å². The number of methoxy groups -OCH3 is 1. The summed E-state index contributed by atoms with van der Waals surface area (Å²) in [6.07, 6.45) is -2.98. The van der Waals surface area contributed by atoms with Crippen molar-refractivity contribution in [2.24, 2.45) is 5.41 Å². The largest absolute Gasteiger partial charge is 0.493 e. The average Bonchev–Trinajstić information content (AvgIpc) is 3.98. The average molecular weight is 921 g/mol. The van der Waals surface area contributed by atoms with Gasteiger partial charge in [-0.15, -0.1) is 0 Å². The first-order chi connectivity index (χ1) is 31.3. The minimum atomic E-state index is -4.57. The molecule has 1 saturated heterocycles. The number of benzene rings is 3. The van der Waals surface area contributed by atoms with Crippen LogP contribution in [0.2, 0.25) is 0 Å². The molecular formula is C44H47F3N8O11. The van der Waals surface area contributed by atoms with Crippen LogP contribution in [0, 0.1) is 12.3 Å². The third-order valence-electron chi connectivity index (χ3n) is 11.2. The van der Waals surface area contributed by atoms with Crippen LogP contribution in [0.25, 0.3) is 10.9 Å². The van der Waals surface area contributed by atoms with E-state index < -0.39 is 60.0 Å². The summed E-state index contributed by atoms with van der Waals surface area (Å²) in [7, 11) is 3.16. The van der Waals surface area contributed by atoms with Gasteiger partial charge in [-0.3, -0.25) is 43.8 Å². The number of hydrogen-bond acceptors (Lipinski definition) is 14. The second-order valence-corrected chi connectivity index (χ2v) is 16.1. The maximum absolute atomic E-state index is 13.5. The number of nitrogens with two attached hydrogens (primary N) is 1. The molecule has 2 fully saturated rings. The highest BCUT2D eigenvalue weighted by molar-refractivity contribution is 6.23. The molecule has 2 aliphatic heterocycles. The zero-order chi connectivity index (χ0) is 48.1. The van der Waals surface area contributed by atoms with Gasteiger partial charge in [0, 0.05) is 55.5 Å². The number of amides is 6. The highest BCUT2D eigenvalue weighted by Gasteiger charge is 2.46. The number of carboxylic acid groups (broad SMARTS) is 1. The van der Waals surface area contributed by atoms with Crippen LogP contribution in [0.1, 0.15) is 82.7 Å². The smallest absolute Gasteiger partial charge is 0.416 e. The van der Waals surface area contributed by atoms with Crippen molar-refractivity contribution in [2.75, 3.05) is 51.5 Å². The van der Waals surface area contributed by atoms with Crippen LogP contribution in [0.4, 0.5) is 24.7 Å². The van der Waals surface area contributed by atoms with Crippen LogP contribution in [0.5, 0.6) is 17.2 Å². The standard InChI is InChI=1S/C43H45F3N8O9.CH2O2/c1-22(24-13-25(43(44,45)46)15-26(47)14-24)49-38-30-17-34(33(61-4)18-31(30)50-23(2)51-38)63-21-42(10-11-42)20-53(3)37(57)9-12-48-36(56)19-62-27-5-6-28-29(16-27)41(60)54(40(28)59)32-7-8-35(55)52-39(32)58;2-1-3/h5-6,13-18,22,32H,7-12,19-21,47H2,1-4H3,(H,48,56)(H,49,50,51)(H,52,55,58);1H,(H,2,3)/t22-,32?;/m1./s1. The molecule has 0 radical (unpaired) electrons. The second-order valence-electron chi connectivity index (χ2n) is 16.1. The fraction of sp³-hybridized carbons (Fsp3) is 0.386. The van der Waals surface area contributed by atoms with Gasteiger partial charge in [0.15, 0.2) is 18.1 Å². The van der Waals surface area contributed by atoms with Crippen molar-refractivity contribution < 1.29 is 66.1 Å². The van der Waals surface area contributed by atoms with Crippen molar-refractivity contribution in [1.82, 2.24) is 30.4 Å². The first kappa shape index (κ1) is 47.9. The molecule has 4 aromatic rings. The molecule has 350 valence electrons. The molecule has 1 unspecified atom stereocenters. The molecule has 3 aliphatic rings. The molecule has 1 saturated carbocycles. The van der Waals surface area contributed by atoms with Crippen molar-refractivity contribution in [3.63, 3.8) is 0 Å². The van der Waals surface area contributed by atoms with Gasteiger partial charge in [0.1, 0.15) is 23.4 Å². The van der Waals surface area contributed by atoms with Crippen molar-refractivity contribution >= 4 is 64.3 Å². The number of anilines is 2. The lowest BCUT2D eigenvalue weighted by Gasteiger charge is -2.27. The molecule has 2 atom stereocenters. The minimum Gasteiger partial charge on any atom is -0.493 e. The number of halogens is 3. The van der Waals surface area contributed by atoms with E-state index in [2.05, 4.69) is 25.9 Å². The molecule has 1 aliphatic carbocycles. The van der Waals surface area contributed by atoms with Crippen LogP contribution in [0.3, 0.4) is 0 Å². The van der Waals surface area contributed by atoms with Crippen molar-refractivity contribution in [3.05, 3.63) is 76.6 Å². The number of ether oxygens (including phenoxy) is 3. The summed E-state index contributed by atoms with van der Waals surface area (Å²) < 4.78 is 58.1. The molecule has 0 spiro atoms.